The van der Waals surface area contributed by atoms with Gasteiger partial charge in [0, 0.05) is 42.3 Å². The van der Waals surface area contributed by atoms with Gasteiger partial charge in [-0.05, 0) is 54.6 Å². The Morgan fingerprint density at radius 3 is 2.19 bits per heavy atom. The van der Waals surface area contributed by atoms with Crippen molar-refractivity contribution in [3.8, 4) is 0 Å². The maximum Gasteiger partial charge on any atom is 0.258 e. The number of para-hydroxylation sites is 1. The number of hydrogen-bond donors (Lipinski definition) is 3. The summed E-state index contributed by atoms with van der Waals surface area (Å²) in [6.07, 6.45) is 0. The zero-order valence-electron chi connectivity index (χ0n) is 17.4. The molecule has 0 unspecified atom stereocenters. The average Bonchev–Trinajstić information content (AvgIpc) is 2.82. The summed E-state index contributed by atoms with van der Waals surface area (Å²) in [5, 5.41) is 8.34. The van der Waals surface area contributed by atoms with E-state index in [1.165, 1.54) is 0 Å². The summed E-state index contributed by atoms with van der Waals surface area (Å²) >= 11 is 0. The van der Waals surface area contributed by atoms with Crippen LogP contribution in [0.3, 0.4) is 0 Å². The molecule has 0 bridgehead atoms. The van der Waals surface area contributed by atoms with Crippen molar-refractivity contribution < 1.29 is 14.4 Å². The molecule has 0 saturated carbocycles. The fourth-order valence-corrected chi connectivity index (χ4v) is 2.96. The van der Waals surface area contributed by atoms with Gasteiger partial charge in [0.2, 0.25) is 5.91 Å². The molecular formula is C24H24N4O3. The highest BCUT2D eigenvalue weighted by Gasteiger charge is 2.14. The molecule has 0 aliphatic rings. The molecule has 7 heteroatoms. The molecule has 0 radical (unpaired) electrons. The lowest BCUT2D eigenvalue weighted by atomic mass is 10.1. The Labute approximate surface area is 181 Å². The summed E-state index contributed by atoms with van der Waals surface area (Å²) in [5.74, 6) is -0.576. The second-order valence-corrected chi connectivity index (χ2v) is 6.84. The molecule has 0 aliphatic carbocycles. The number of benzene rings is 3. The first-order valence-corrected chi connectivity index (χ1v) is 9.77. The highest BCUT2D eigenvalue weighted by Crippen LogP contribution is 2.17. The summed E-state index contributed by atoms with van der Waals surface area (Å²) in [7, 11) is 3.28. The largest absolute Gasteiger partial charge is 0.376 e. The van der Waals surface area contributed by atoms with Crippen LogP contribution in [0.25, 0.3) is 0 Å². The summed E-state index contributed by atoms with van der Waals surface area (Å²) in [6, 6.07) is 23.0. The van der Waals surface area contributed by atoms with E-state index < -0.39 is 0 Å². The van der Waals surface area contributed by atoms with Crippen LogP contribution in [0, 0.1) is 0 Å². The third-order valence-electron chi connectivity index (χ3n) is 4.67. The Bertz CT molecular complexity index is 1070. The average molecular weight is 416 g/mol. The quantitative estimate of drug-likeness (QED) is 0.551. The molecular weight excluding hydrogens is 392 g/mol. The number of anilines is 3. The molecule has 0 atom stereocenters. The number of nitrogens with zero attached hydrogens (tertiary/aromatic N) is 1. The SMILES string of the molecule is CNC(=O)c1ccc(NC(=O)CNc2cccc(C(=O)N(C)c3ccccc3)c2)cc1. The molecule has 3 rings (SSSR count). The zero-order chi connectivity index (χ0) is 22.2. The second kappa shape index (κ2) is 10.1. The monoisotopic (exact) mass is 416 g/mol. The molecule has 0 aliphatic heterocycles. The summed E-state index contributed by atoms with van der Waals surface area (Å²) in [6.45, 7) is 0.0311. The molecule has 0 spiro atoms. The predicted molar refractivity (Wildman–Crippen MR) is 123 cm³/mol. The number of hydrogen-bond acceptors (Lipinski definition) is 4. The molecule has 7 nitrogen and oxygen atoms in total. The maximum absolute atomic E-state index is 12.8. The molecule has 3 N–H and O–H groups in total. The number of rotatable bonds is 7. The minimum atomic E-state index is -0.245. The van der Waals surface area contributed by atoms with Gasteiger partial charge in [-0.15, -0.1) is 0 Å². The molecule has 0 saturated heterocycles. The lowest BCUT2D eigenvalue weighted by molar-refractivity contribution is -0.114. The Hall–Kier alpha value is -4.13. The van der Waals surface area contributed by atoms with Crippen molar-refractivity contribution in [2.75, 3.05) is 36.2 Å². The first kappa shape index (κ1) is 21.6. The first-order chi connectivity index (χ1) is 15.0. The highest BCUT2D eigenvalue weighted by atomic mass is 16.2. The van der Waals surface area contributed by atoms with Crippen molar-refractivity contribution in [2.45, 2.75) is 0 Å². The van der Waals surface area contributed by atoms with Gasteiger partial charge in [0.1, 0.15) is 0 Å². The Balaban J connectivity index is 1.58. The highest BCUT2D eigenvalue weighted by molar-refractivity contribution is 6.06. The number of amides is 3. The van der Waals surface area contributed by atoms with Crippen LogP contribution in [0.5, 0.6) is 0 Å². The van der Waals surface area contributed by atoms with Gasteiger partial charge >= 0.3 is 0 Å². The summed E-state index contributed by atoms with van der Waals surface area (Å²) in [5.41, 5.74) is 3.08. The van der Waals surface area contributed by atoms with Gasteiger partial charge in [0.15, 0.2) is 0 Å². The number of carbonyl (C=O) groups is 3. The summed E-state index contributed by atoms with van der Waals surface area (Å²) in [4.78, 5) is 38.2. The molecule has 0 fully saturated rings. The Kier molecular flexibility index (Phi) is 7.01. The van der Waals surface area contributed by atoms with E-state index in [0.717, 1.165) is 5.69 Å². The normalized spacial score (nSPS) is 10.1. The molecule has 3 aromatic carbocycles. The van der Waals surface area contributed by atoms with Crippen LogP contribution in [-0.2, 0) is 4.79 Å². The van der Waals surface area contributed by atoms with Crippen LogP contribution in [0.2, 0.25) is 0 Å². The third-order valence-corrected chi connectivity index (χ3v) is 4.67. The van der Waals surface area contributed by atoms with Crippen LogP contribution in [0.4, 0.5) is 17.1 Å². The fraction of sp³-hybridized carbons (Fsp3) is 0.125. The van der Waals surface area contributed by atoms with Crippen LogP contribution >= 0.6 is 0 Å². The summed E-state index contributed by atoms with van der Waals surface area (Å²) < 4.78 is 0. The first-order valence-electron chi connectivity index (χ1n) is 9.77. The second-order valence-electron chi connectivity index (χ2n) is 6.84. The molecule has 3 aromatic rings. The van der Waals surface area contributed by atoms with Crippen molar-refractivity contribution in [1.82, 2.24) is 5.32 Å². The van der Waals surface area contributed by atoms with Crippen LogP contribution < -0.4 is 20.9 Å². The molecule has 0 aromatic heterocycles. The van der Waals surface area contributed by atoms with Crippen LogP contribution in [0.1, 0.15) is 20.7 Å². The van der Waals surface area contributed by atoms with E-state index in [4.69, 9.17) is 0 Å². The van der Waals surface area contributed by atoms with E-state index in [1.807, 2.05) is 30.3 Å². The molecule has 158 valence electrons. The Morgan fingerprint density at radius 2 is 1.52 bits per heavy atom. The maximum atomic E-state index is 12.8. The van der Waals surface area contributed by atoms with Crippen molar-refractivity contribution in [2.24, 2.45) is 0 Å². The van der Waals surface area contributed by atoms with Gasteiger partial charge in [0.25, 0.3) is 11.8 Å². The van der Waals surface area contributed by atoms with Crippen LogP contribution in [-0.4, -0.2) is 38.4 Å². The third kappa shape index (κ3) is 5.70. The van der Waals surface area contributed by atoms with E-state index in [0.29, 0.717) is 22.5 Å². The van der Waals surface area contributed by atoms with Gasteiger partial charge in [-0.1, -0.05) is 24.3 Å². The molecule has 31 heavy (non-hydrogen) atoms. The standard InChI is InChI=1S/C24H24N4O3/c1-25-23(30)17-11-13-19(14-12-17)27-22(29)16-26-20-8-6-7-18(15-20)24(31)28(2)21-9-4-3-5-10-21/h3-15,26H,16H2,1-2H3,(H,25,30)(H,27,29). The predicted octanol–water partition coefficient (Wildman–Crippen LogP) is 3.37. The minimum Gasteiger partial charge on any atom is -0.376 e. The van der Waals surface area contributed by atoms with Gasteiger partial charge < -0.3 is 20.9 Å². The van der Waals surface area contributed by atoms with E-state index in [-0.39, 0.29) is 24.3 Å². The smallest absolute Gasteiger partial charge is 0.258 e. The fourth-order valence-electron chi connectivity index (χ4n) is 2.96. The number of carbonyl (C=O) groups excluding carboxylic acids is 3. The van der Waals surface area contributed by atoms with E-state index >= 15 is 0 Å². The van der Waals surface area contributed by atoms with Gasteiger partial charge in [0.05, 0.1) is 6.54 Å². The van der Waals surface area contributed by atoms with Gasteiger partial charge in [-0.25, -0.2) is 0 Å². The van der Waals surface area contributed by atoms with E-state index in [1.54, 1.807) is 67.5 Å². The van der Waals surface area contributed by atoms with E-state index in [9.17, 15) is 14.4 Å². The lowest BCUT2D eigenvalue weighted by Crippen LogP contribution is -2.26. The van der Waals surface area contributed by atoms with Crippen LogP contribution in [0.15, 0.2) is 78.9 Å². The van der Waals surface area contributed by atoms with Crippen molar-refractivity contribution >= 4 is 34.8 Å². The van der Waals surface area contributed by atoms with Crippen molar-refractivity contribution in [1.29, 1.82) is 0 Å². The molecule has 0 heterocycles. The topological polar surface area (TPSA) is 90.5 Å². The van der Waals surface area contributed by atoms with Crippen molar-refractivity contribution in [3.05, 3.63) is 90.0 Å². The van der Waals surface area contributed by atoms with E-state index in [2.05, 4.69) is 16.0 Å². The van der Waals surface area contributed by atoms with Crippen molar-refractivity contribution in [3.63, 3.8) is 0 Å². The number of nitrogens with one attached hydrogen (secondary N) is 3. The minimum absolute atomic E-state index is 0.0311. The molecule has 3 amide bonds. The Morgan fingerprint density at radius 1 is 0.806 bits per heavy atom. The lowest BCUT2D eigenvalue weighted by Gasteiger charge is -2.18. The zero-order valence-corrected chi connectivity index (χ0v) is 17.4. The van der Waals surface area contributed by atoms with Gasteiger partial charge in [-0.2, -0.15) is 0 Å². The van der Waals surface area contributed by atoms with Gasteiger partial charge in [-0.3, -0.25) is 14.4 Å².